The minimum Gasteiger partial charge on any atom is -0.370 e. The molecular formula is C17H26N4O2. The highest BCUT2D eigenvalue weighted by atomic mass is 16.2. The van der Waals surface area contributed by atoms with Crippen molar-refractivity contribution in [1.29, 1.82) is 0 Å². The molecular weight excluding hydrogens is 292 g/mol. The molecule has 3 amide bonds. The zero-order chi connectivity index (χ0) is 16.7. The number of rotatable bonds is 8. The van der Waals surface area contributed by atoms with Gasteiger partial charge in [0.25, 0.3) is 0 Å². The summed E-state index contributed by atoms with van der Waals surface area (Å²) in [6, 6.07) is 10.1. The van der Waals surface area contributed by atoms with Gasteiger partial charge in [0.2, 0.25) is 5.91 Å². The summed E-state index contributed by atoms with van der Waals surface area (Å²) >= 11 is 0. The van der Waals surface area contributed by atoms with Gasteiger partial charge in [-0.15, -0.1) is 0 Å². The Bertz CT molecular complexity index is 515. The van der Waals surface area contributed by atoms with Crippen LogP contribution in [0.2, 0.25) is 0 Å². The van der Waals surface area contributed by atoms with E-state index in [4.69, 9.17) is 11.5 Å². The number of benzene rings is 1. The third-order valence-electron chi connectivity index (χ3n) is 4.20. The summed E-state index contributed by atoms with van der Waals surface area (Å²) in [6.07, 6.45) is 3.60. The first-order chi connectivity index (χ1) is 11.0. The Labute approximate surface area is 137 Å². The fraction of sp³-hybridized carbons (Fsp3) is 0.529. The SMILES string of the molecule is NC(=O)CC1CC(NC(=O)NCCC(N)Cc2ccccc2)C1. The van der Waals surface area contributed by atoms with Crippen molar-refractivity contribution < 1.29 is 9.59 Å². The van der Waals surface area contributed by atoms with Crippen LogP contribution in [0.15, 0.2) is 30.3 Å². The summed E-state index contributed by atoms with van der Waals surface area (Å²) in [5.41, 5.74) is 12.4. The van der Waals surface area contributed by atoms with Crippen LogP contribution in [0.1, 0.15) is 31.2 Å². The Morgan fingerprint density at radius 3 is 2.57 bits per heavy atom. The fourth-order valence-corrected chi connectivity index (χ4v) is 2.93. The van der Waals surface area contributed by atoms with Crippen molar-refractivity contribution in [2.24, 2.45) is 17.4 Å². The van der Waals surface area contributed by atoms with Crippen molar-refractivity contribution in [3.63, 3.8) is 0 Å². The molecule has 0 spiro atoms. The summed E-state index contributed by atoms with van der Waals surface area (Å²) in [5, 5.41) is 5.73. The molecule has 6 N–H and O–H groups in total. The number of nitrogens with two attached hydrogens (primary N) is 2. The molecule has 0 aromatic heterocycles. The van der Waals surface area contributed by atoms with Gasteiger partial charge in [-0.2, -0.15) is 0 Å². The highest BCUT2D eigenvalue weighted by Gasteiger charge is 2.31. The second-order valence-electron chi connectivity index (χ2n) is 6.34. The van der Waals surface area contributed by atoms with Crippen LogP contribution in [-0.2, 0) is 11.2 Å². The lowest BCUT2D eigenvalue weighted by Crippen LogP contribution is -2.49. The molecule has 0 saturated heterocycles. The quantitative estimate of drug-likeness (QED) is 0.571. The van der Waals surface area contributed by atoms with E-state index < -0.39 is 0 Å². The van der Waals surface area contributed by atoms with Crippen molar-refractivity contribution in [3.8, 4) is 0 Å². The number of carbonyl (C=O) groups is 2. The van der Waals surface area contributed by atoms with Crippen molar-refractivity contribution in [1.82, 2.24) is 10.6 Å². The smallest absolute Gasteiger partial charge is 0.315 e. The van der Waals surface area contributed by atoms with Crippen molar-refractivity contribution in [2.75, 3.05) is 6.54 Å². The van der Waals surface area contributed by atoms with Gasteiger partial charge in [-0.25, -0.2) is 4.79 Å². The zero-order valence-electron chi connectivity index (χ0n) is 13.3. The largest absolute Gasteiger partial charge is 0.370 e. The third-order valence-corrected chi connectivity index (χ3v) is 4.20. The van der Waals surface area contributed by atoms with Gasteiger partial charge < -0.3 is 22.1 Å². The maximum Gasteiger partial charge on any atom is 0.315 e. The Hall–Kier alpha value is -2.08. The maximum atomic E-state index is 11.8. The van der Waals surface area contributed by atoms with Crippen LogP contribution in [-0.4, -0.2) is 30.6 Å². The van der Waals surface area contributed by atoms with Gasteiger partial charge in [-0.1, -0.05) is 30.3 Å². The molecule has 1 aromatic carbocycles. The molecule has 1 fully saturated rings. The lowest BCUT2D eigenvalue weighted by molar-refractivity contribution is -0.119. The summed E-state index contributed by atoms with van der Waals surface area (Å²) in [6.45, 7) is 0.553. The molecule has 1 saturated carbocycles. The molecule has 0 bridgehead atoms. The van der Waals surface area contributed by atoms with Crippen LogP contribution in [0.25, 0.3) is 0 Å². The van der Waals surface area contributed by atoms with Gasteiger partial charge in [0.15, 0.2) is 0 Å². The first-order valence-electron chi connectivity index (χ1n) is 8.15. The van der Waals surface area contributed by atoms with Crippen LogP contribution in [0.5, 0.6) is 0 Å². The highest BCUT2D eigenvalue weighted by Crippen LogP contribution is 2.29. The van der Waals surface area contributed by atoms with E-state index in [0.29, 0.717) is 18.9 Å². The molecule has 0 radical (unpaired) electrons. The molecule has 1 aromatic rings. The van der Waals surface area contributed by atoms with Gasteiger partial charge in [0.05, 0.1) is 0 Å². The predicted octanol–water partition coefficient (Wildman–Crippen LogP) is 0.900. The van der Waals surface area contributed by atoms with Gasteiger partial charge in [0.1, 0.15) is 0 Å². The lowest BCUT2D eigenvalue weighted by atomic mass is 9.78. The average molecular weight is 318 g/mol. The first-order valence-corrected chi connectivity index (χ1v) is 8.15. The molecule has 6 heteroatoms. The Morgan fingerprint density at radius 2 is 1.91 bits per heavy atom. The van der Waals surface area contributed by atoms with E-state index >= 15 is 0 Å². The number of urea groups is 1. The third kappa shape index (κ3) is 6.28. The van der Waals surface area contributed by atoms with E-state index in [-0.39, 0.29) is 24.0 Å². The predicted molar refractivity (Wildman–Crippen MR) is 89.6 cm³/mol. The minimum atomic E-state index is -0.273. The minimum absolute atomic E-state index is 0.0290. The standard InChI is InChI=1S/C17H26N4O2/c18-14(8-12-4-2-1-3-5-12)6-7-20-17(23)21-15-9-13(10-15)11-16(19)22/h1-5,13-15H,6-11,18H2,(H2,19,22)(H2,20,21,23). The van der Waals surface area contributed by atoms with Crippen LogP contribution in [0.4, 0.5) is 4.79 Å². The molecule has 126 valence electrons. The molecule has 2 rings (SSSR count). The molecule has 1 aliphatic carbocycles. The van der Waals surface area contributed by atoms with Gasteiger partial charge in [-0.05, 0) is 37.2 Å². The van der Waals surface area contributed by atoms with E-state index in [1.54, 1.807) is 0 Å². The number of hydrogen-bond acceptors (Lipinski definition) is 3. The molecule has 6 nitrogen and oxygen atoms in total. The summed E-state index contributed by atoms with van der Waals surface area (Å²) in [5.74, 6) is 0.0439. The van der Waals surface area contributed by atoms with E-state index in [1.165, 1.54) is 5.56 Å². The topological polar surface area (TPSA) is 110 Å². The highest BCUT2D eigenvalue weighted by molar-refractivity contribution is 5.75. The van der Waals surface area contributed by atoms with Gasteiger partial charge >= 0.3 is 6.03 Å². The normalized spacial score (nSPS) is 21.1. The molecule has 23 heavy (non-hydrogen) atoms. The second-order valence-corrected chi connectivity index (χ2v) is 6.34. The van der Waals surface area contributed by atoms with Crippen LogP contribution < -0.4 is 22.1 Å². The number of nitrogens with one attached hydrogen (secondary N) is 2. The summed E-state index contributed by atoms with van der Waals surface area (Å²) in [4.78, 5) is 22.5. The Kier molecular flexibility index (Phi) is 6.40. The van der Waals surface area contributed by atoms with Gasteiger partial charge in [-0.3, -0.25) is 4.79 Å². The van der Waals surface area contributed by atoms with Crippen LogP contribution in [0, 0.1) is 5.92 Å². The lowest BCUT2D eigenvalue weighted by Gasteiger charge is -2.35. The molecule has 0 aliphatic heterocycles. The fourth-order valence-electron chi connectivity index (χ4n) is 2.93. The van der Waals surface area contributed by atoms with Crippen molar-refractivity contribution >= 4 is 11.9 Å². The van der Waals surface area contributed by atoms with E-state index in [1.807, 2.05) is 18.2 Å². The maximum absolute atomic E-state index is 11.8. The zero-order valence-corrected chi connectivity index (χ0v) is 13.3. The first kappa shape index (κ1) is 17.3. The molecule has 1 aliphatic rings. The molecule has 1 unspecified atom stereocenters. The van der Waals surface area contributed by atoms with Crippen molar-refractivity contribution in [2.45, 2.75) is 44.2 Å². The van der Waals surface area contributed by atoms with Crippen molar-refractivity contribution in [3.05, 3.63) is 35.9 Å². The van der Waals surface area contributed by atoms with E-state index in [2.05, 4.69) is 22.8 Å². The summed E-state index contributed by atoms with van der Waals surface area (Å²) < 4.78 is 0. The number of amides is 3. The number of primary amides is 1. The van der Waals surface area contributed by atoms with E-state index in [9.17, 15) is 9.59 Å². The number of carbonyl (C=O) groups excluding carboxylic acids is 2. The monoisotopic (exact) mass is 318 g/mol. The number of hydrogen-bond donors (Lipinski definition) is 4. The Balaban J connectivity index is 1.54. The van der Waals surface area contributed by atoms with Crippen LogP contribution in [0.3, 0.4) is 0 Å². The van der Waals surface area contributed by atoms with Gasteiger partial charge in [0, 0.05) is 25.0 Å². The molecule has 1 atom stereocenters. The Morgan fingerprint density at radius 1 is 1.22 bits per heavy atom. The summed E-state index contributed by atoms with van der Waals surface area (Å²) in [7, 11) is 0. The molecule has 0 heterocycles. The van der Waals surface area contributed by atoms with E-state index in [0.717, 1.165) is 25.7 Å². The average Bonchev–Trinajstić information content (AvgIpc) is 2.45. The van der Waals surface area contributed by atoms with Crippen LogP contribution >= 0.6 is 0 Å². The second kappa shape index (κ2) is 8.53.